The summed E-state index contributed by atoms with van der Waals surface area (Å²) in [5.74, 6) is -0.662. The predicted molar refractivity (Wildman–Crippen MR) is 86.3 cm³/mol. The molecule has 1 heterocycles. The fraction of sp³-hybridized carbons (Fsp3) is 0.0714. The summed E-state index contributed by atoms with van der Waals surface area (Å²) < 4.78 is 28.5. The van der Waals surface area contributed by atoms with E-state index in [1.807, 2.05) is 0 Å². The second kappa shape index (κ2) is 5.36. The van der Waals surface area contributed by atoms with Gasteiger partial charge in [-0.05, 0) is 24.3 Å². The minimum Gasteiger partial charge on any atom is -0.431 e. The van der Waals surface area contributed by atoms with Crippen molar-refractivity contribution < 1.29 is 17.9 Å². The number of primary sulfonamides is 1. The molecule has 0 saturated heterocycles. The number of hydrogen-bond acceptors (Lipinski definition) is 4. The van der Waals surface area contributed by atoms with Gasteiger partial charge in [-0.15, -0.1) is 0 Å². The molecule has 0 saturated carbocycles. The van der Waals surface area contributed by atoms with Crippen LogP contribution >= 0.6 is 34.8 Å². The smallest absolute Gasteiger partial charge is 0.340 e. The fourth-order valence-corrected chi connectivity index (χ4v) is 3.94. The molecule has 0 radical (unpaired) electrons. The Kier molecular flexibility index (Phi) is 3.85. The lowest BCUT2D eigenvalue weighted by atomic mass is 9.98. The first kappa shape index (κ1) is 16.5. The summed E-state index contributed by atoms with van der Waals surface area (Å²) in [6, 6.07) is 8.49. The van der Waals surface area contributed by atoms with Gasteiger partial charge in [0, 0.05) is 16.1 Å². The van der Waals surface area contributed by atoms with Gasteiger partial charge in [-0.1, -0.05) is 46.9 Å². The van der Waals surface area contributed by atoms with Crippen LogP contribution in [0.1, 0.15) is 21.5 Å². The van der Waals surface area contributed by atoms with E-state index in [4.69, 9.17) is 44.7 Å². The molecule has 0 amide bonds. The molecule has 23 heavy (non-hydrogen) atoms. The maximum absolute atomic E-state index is 12.0. The Morgan fingerprint density at radius 1 is 1.09 bits per heavy atom. The number of cyclic esters (lactones) is 1. The van der Waals surface area contributed by atoms with E-state index in [1.165, 1.54) is 24.3 Å². The summed E-state index contributed by atoms with van der Waals surface area (Å²) in [7, 11) is -4.06. The van der Waals surface area contributed by atoms with Gasteiger partial charge >= 0.3 is 5.97 Å². The van der Waals surface area contributed by atoms with Crippen molar-refractivity contribution in [2.45, 2.75) is 9.96 Å². The van der Waals surface area contributed by atoms with E-state index >= 15 is 0 Å². The molecule has 2 aromatic carbocycles. The SMILES string of the molecule is NS(=O)(=O)c1cc(C2(Cl)OC(=O)c3cc(Cl)ccc32)ccc1Cl. The van der Waals surface area contributed by atoms with Crippen LogP contribution in [0, 0.1) is 0 Å². The van der Waals surface area contributed by atoms with E-state index in [1.54, 1.807) is 12.1 Å². The van der Waals surface area contributed by atoms with Crippen LogP contribution in [-0.4, -0.2) is 14.4 Å². The van der Waals surface area contributed by atoms with Gasteiger partial charge < -0.3 is 4.74 Å². The van der Waals surface area contributed by atoms with Crippen molar-refractivity contribution in [1.29, 1.82) is 0 Å². The summed E-state index contributed by atoms with van der Waals surface area (Å²) in [5, 5.41) is 3.74. The third-order valence-corrected chi connectivity index (χ3v) is 5.52. The van der Waals surface area contributed by atoms with Gasteiger partial charge in [-0.2, -0.15) is 0 Å². The average molecular weight is 393 g/mol. The summed E-state index contributed by atoms with van der Waals surface area (Å²) >= 11 is 18.2. The number of nitrogens with two attached hydrogens (primary N) is 1. The molecular formula is C14H8Cl3NO4S. The van der Waals surface area contributed by atoms with Crippen LogP contribution < -0.4 is 5.14 Å². The summed E-state index contributed by atoms with van der Waals surface area (Å²) in [4.78, 5) is 11.7. The number of sulfonamides is 1. The molecule has 1 aliphatic rings. The van der Waals surface area contributed by atoms with Crippen LogP contribution in [0.5, 0.6) is 0 Å². The number of ether oxygens (including phenoxy) is 1. The number of halogens is 3. The Labute approximate surface area is 146 Å². The molecule has 0 bridgehead atoms. The zero-order valence-corrected chi connectivity index (χ0v) is 14.3. The number of hydrogen-bond donors (Lipinski definition) is 1. The highest BCUT2D eigenvalue weighted by atomic mass is 35.5. The van der Waals surface area contributed by atoms with Crippen molar-refractivity contribution >= 4 is 50.8 Å². The van der Waals surface area contributed by atoms with Gasteiger partial charge in [-0.25, -0.2) is 18.4 Å². The van der Waals surface area contributed by atoms with Gasteiger partial charge in [-0.3, -0.25) is 0 Å². The number of esters is 1. The Bertz CT molecular complexity index is 945. The van der Waals surface area contributed by atoms with Gasteiger partial charge in [0.15, 0.2) is 0 Å². The fourth-order valence-electron chi connectivity index (χ4n) is 2.34. The van der Waals surface area contributed by atoms with Crippen molar-refractivity contribution in [2.75, 3.05) is 0 Å². The molecule has 0 spiro atoms. The predicted octanol–water partition coefficient (Wildman–Crippen LogP) is 3.25. The molecule has 0 aromatic heterocycles. The van der Waals surface area contributed by atoms with Crippen LogP contribution in [0.25, 0.3) is 0 Å². The number of carbonyl (C=O) groups is 1. The minimum absolute atomic E-state index is 0.0582. The highest BCUT2D eigenvalue weighted by Crippen LogP contribution is 2.46. The van der Waals surface area contributed by atoms with Crippen LogP contribution in [-0.2, 0) is 19.8 Å². The topological polar surface area (TPSA) is 86.5 Å². The standard InChI is InChI=1S/C14H8Cl3NO4S/c15-8-2-3-10-9(6-8)13(19)22-14(10,17)7-1-4-11(16)12(5-7)23(18,20)21/h1-6H,(H2,18,20,21). The molecule has 3 rings (SSSR count). The van der Waals surface area contributed by atoms with E-state index in [-0.39, 0.29) is 21.0 Å². The first-order valence-corrected chi connectivity index (χ1v) is 8.86. The molecular weight excluding hydrogens is 385 g/mol. The van der Waals surface area contributed by atoms with Crippen molar-refractivity contribution in [2.24, 2.45) is 5.14 Å². The van der Waals surface area contributed by atoms with Gasteiger partial charge in [0.2, 0.25) is 15.1 Å². The molecule has 2 aromatic rings. The van der Waals surface area contributed by atoms with E-state index in [0.717, 1.165) is 0 Å². The molecule has 2 N–H and O–H groups in total. The summed E-state index contributed by atoms with van der Waals surface area (Å²) in [5.41, 5.74) is 0.776. The lowest BCUT2D eigenvalue weighted by molar-refractivity contribution is 0.0366. The largest absolute Gasteiger partial charge is 0.431 e. The molecule has 1 unspecified atom stereocenters. The summed E-state index contributed by atoms with van der Waals surface area (Å²) in [6.45, 7) is 0. The highest BCUT2D eigenvalue weighted by molar-refractivity contribution is 7.89. The Morgan fingerprint density at radius 2 is 1.78 bits per heavy atom. The van der Waals surface area contributed by atoms with Crippen LogP contribution in [0.4, 0.5) is 0 Å². The Balaban J connectivity index is 2.23. The second-order valence-corrected chi connectivity index (χ2v) is 7.77. The van der Waals surface area contributed by atoms with Gasteiger partial charge in [0.05, 0.1) is 10.6 Å². The van der Waals surface area contributed by atoms with E-state index in [0.29, 0.717) is 10.6 Å². The normalized spacial score (nSPS) is 20.3. The third-order valence-electron chi connectivity index (χ3n) is 3.39. The van der Waals surface area contributed by atoms with E-state index in [2.05, 4.69) is 0 Å². The first-order valence-electron chi connectivity index (χ1n) is 6.18. The monoisotopic (exact) mass is 391 g/mol. The number of fused-ring (bicyclic) bond motifs is 1. The number of benzene rings is 2. The lowest BCUT2D eigenvalue weighted by Gasteiger charge is -2.22. The number of alkyl halides is 1. The van der Waals surface area contributed by atoms with E-state index < -0.39 is 21.1 Å². The molecule has 9 heteroatoms. The molecule has 1 aliphatic heterocycles. The molecule has 1 atom stereocenters. The zero-order valence-electron chi connectivity index (χ0n) is 11.2. The summed E-state index contributed by atoms with van der Waals surface area (Å²) in [6.07, 6.45) is 0. The molecule has 120 valence electrons. The maximum Gasteiger partial charge on any atom is 0.340 e. The second-order valence-electron chi connectivity index (χ2n) is 4.86. The third kappa shape index (κ3) is 2.70. The van der Waals surface area contributed by atoms with Gasteiger partial charge in [0.25, 0.3) is 0 Å². The molecule has 0 aliphatic carbocycles. The average Bonchev–Trinajstić information content (AvgIpc) is 2.70. The van der Waals surface area contributed by atoms with Crippen LogP contribution in [0.2, 0.25) is 10.0 Å². The van der Waals surface area contributed by atoms with Crippen molar-refractivity contribution in [1.82, 2.24) is 0 Å². The number of rotatable bonds is 2. The number of carbonyl (C=O) groups excluding carboxylic acids is 1. The Hall–Kier alpha value is -1.31. The van der Waals surface area contributed by atoms with Crippen LogP contribution in [0.3, 0.4) is 0 Å². The van der Waals surface area contributed by atoms with Crippen molar-refractivity contribution in [3.05, 3.63) is 63.1 Å². The zero-order chi connectivity index (χ0) is 17.0. The first-order chi connectivity index (χ1) is 10.6. The maximum atomic E-state index is 12.0. The van der Waals surface area contributed by atoms with Crippen molar-refractivity contribution in [3.63, 3.8) is 0 Å². The molecule has 0 fully saturated rings. The molecule has 5 nitrogen and oxygen atoms in total. The quantitative estimate of drug-likeness (QED) is 0.628. The van der Waals surface area contributed by atoms with E-state index in [9.17, 15) is 13.2 Å². The highest BCUT2D eigenvalue weighted by Gasteiger charge is 2.46. The van der Waals surface area contributed by atoms with Crippen molar-refractivity contribution in [3.8, 4) is 0 Å². The van der Waals surface area contributed by atoms with Crippen LogP contribution in [0.15, 0.2) is 41.3 Å². The lowest BCUT2D eigenvalue weighted by Crippen LogP contribution is -2.22. The Morgan fingerprint density at radius 3 is 2.43 bits per heavy atom. The van der Waals surface area contributed by atoms with Gasteiger partial charge in [0.1, 0.15) is 4.90 Å². The minimum atomic E-state index is -4.06.